The van der Waals surface area contributed by atoms with Gasteiger partial charge in [0, 0.05) is 12.5 Å². The lowest BCUT2D eigenvalue weighted by Crippen LogP contribution is -2.28. The molecular formula is C14H18N4O3S2. The fraction of sp³-hybridized carbons (Fsp3) is 0.357. The molecule has 124 valence electrons. The van der Waals surface area contributed by atoms with Gasteiger partial charge in [-0.05, 0) is 12.0 Å². The minimum atomic E-state index is -3.80. The summed E-state index contributed by atoms with van der Waals surface area (Å²) < 4.78 is 27.3. The van der Waals surface area contributed by atoms with E-state index in [4.69, 9.17) is 0 Å². The third-order valence-electron chi connectivity index (χ3n) is 3.11. The van der Waals surface area contributed by atoms with Crippen LogP contribution in [-0.2, 0) is 14.8 Å². The van der Waals surface area contributed by atoms with Gasteiger partial charge in [0.2, 0.25) is 15.4 Å². The van der Waals surface area contributed by atoms with Crippen molar-refractivity contribution in [3.63, 3.8) is 0 Å². The van der Waals surface area contributed by atoms with Crippen molar-refractivity contribution in [1.82, 2.24) is 14.9 Å². The molecule has 0 saturated heterocycles. The van der Waals surface area contributed by atoms with Crippen LogP contribution in [0.4, 0.5) is 5.13 Å². The normalized spacial score (nSPS) is 12.8. The van der Waals surface area contributed by atoms with Gasteiger partial charge in [-0.1, -0.05) is 55.5 Å². The lowest BCUT2D eigenvalue weighted by molar-refractivity contribution is -0.115. The van der Waals surface area contributed by atoms with E-state index in [9.17, 15) is 13.2 Å². The van der Waals surface area contributed by atoms with Crippen LogP contribution >= 0.6 is 11.3 Å². The van der Waals surface area contributed by atoms with Gasteiger partial charge >= 0.3 is 0 Å². The zero-order chi connectivity index (χ0) is 16.9. The van der Waals surface area contributed by atoms with Crippen LogP contribution in [0, 0.1) is 0 Å². The van der Waals surface area contributed by atoms with E-state index in [2.05, 4.69) is 20.2 Å². The molecule has 1 aromatic heterocycles. The third-order valence-corrected chi connectivity index (χ3v) is 5.79. The second-order valence-electron chi connectivity index (χ2n) is 4.77. The van der Waals surface area contributed by atoms with Crippen LogP contribution in [0.15, 0.2) is 34.7 Å². The van der Waals surface area contributed by atoms with Gasteiger partial charge in [-0.25, -0.2) is 13.1 Å². The molecule has 0 radical (unpaired) electrons. The Balaban J connectivity index is 2.16. The summed E-state index contributed by atoms with van der Waals surface area (Å²) in [6, 6.07) is 8.97. The summed E-state index contributed by atoms with van der Waals surface area (Å²) >= 11 is 0.827. The van der Waals surface area contributed by atoms with E-state index >= 15 is 0 Å². The first kappa shape index (κ1) is 17.5. The summed E-state index contributed by atoms with van der Waals surface area (Å²) in [4.78, 5) is 11.3. The lowest BCUT2D eigenvalue weighted by atomic mass is 10.1. The molecule has 9 heteroatoms. The summed E-state index contributed by atoms with van der Waals surface area (Å²) in [7, 11) is -3.80. The molecule has 1 aromatic carbocycles. The van der Waals surface area contributed by atoms with E-state index in [-0.39, 0.29) is 27.8 Å². The minimum absolute atomic E-state index is 0.168. The van der Waals surface area contributed by atoms with Crippen molar-refractivity contribution in [1.29, 1.82) is 0 Å². The topological polar surface area (TPSA) is 101 Å². The number of carbonyl (C=O) groups is 1. The van der Waals surface area contributed by atoms with E-state index in [1.54, 1.807) is 6.92 Å². The maximum atomic E-state index is 12.4. The van der Waals surface area contributed by atoms with Crippen molar-refractivity contribution < 1.29 is 13.2 Å². The molecule has 0 unspecified atom stereocenters. The predicted octanol–water partition coefficient (Wildman–Crippen LogP) is 2.32. The fourth-order valence-corrected chi connectivity index (χ4v) is 4.13. The molecule has 7 nitrogen and oxygen atoms in total. The molecule has 0 fully saturated rings. The van der Waals surface area contributed by atoms with Gasteiger partial charge < -0.3 is 5.32 Å². The van der Waals surface area contributed by atoms with Crippen LogP contribution in [-0.4, -0.2) is 24.5 Å². The monoisotopic (exact) mass is 354 g/mol. The van der Waals surface area contributed by atoms with Crippen LogP contribution in [0.5, 0.6) is 0 Å². The van der Waals surface area contributed by atoms with Crippen LogP contribution in [0.25, 0.3) is 0 Å². The van der Waals surface area contributed by atoms with E-state index in [0.29, 0.717) is 6.42 Å². The number of nitrogens with one attached hydrogen (secondary N) is 2. The molecule has 2 aromatic rings. The Labute approximate surface area is 139 Å². The average Bonchev–Trinajstić information content (AvgIpc) is 3.02. The van der Waals surface area contributed by atoms with Gasteiger partial charge in [-0.3, -0.25) is 4.79 Å². The van der Waals surface area contributed by atoms with Gasteiger partial charge in [0.15, 0.2) is 0 Å². The number of hydrogen-bond acceptors (Lipinski definition) is 6. The second kappa shape index (κ2) is 7.62. The number of hydrogen-bond donors (Lipinski definition) is 2. The highest BCUT2D eigenvalue weighted by Gasteiger charge is 2.24. The van der Waals surface area contributed by atoms with Gasteiger partial charge in [0.05, 0.1) is 0 Å². The van der Waals surface area contributed by atoms with Crippen LogP contribution < -0.4 is 10.0 Å². The molecule has 2 N–H and O–H groups in total. The van der Waals surface area contributed by atoms with Crippen molar-refractivity contribution in [2.24, 2.45) is 0 Å². The Morgan fingerprint density at radius 2 is 1.91 bits per heavy atom. The number of carbonyl (C=O) groups excluding carboxylic acids is 1. The molecule has 1 heterocycles. The summed E-state index contributed by atoms with van der Waals surface area (Å²) in [5.41, 5.74) is 0.877. The molecule has 0 aliphatic heterocycles. The van der Waals surface area contributed by atoms with E-state index in [0.717, 1.165) is 16.9 Å². The van der Waals surface area contributed by atoms with Crippen molar-refractivity contribution in [3.05, 3.63) is 35.9 Å². The maximum Gasteiger partial charge on any atom is 0.270 e. The zero-order valence-corrected chi connectivity index (χ0v) is 14.4. The number of sulfonamides is 1. The minimum Gasteiger partial charge on any atom is -0.301 e. The highest BCUT2D eigenvalue weighted by Crippen LogP contribution is 2.23. The van der Waals surface area contributed by atoms with E-state index in [1.807, 2.05) is 37.3 Å². The molecule has 2 rings (SSSR count). The van der Waals surface area contributed by atoms with Crippen LogP contribution in [0.1, 0.15) is 38.3 Å². The Kier molecular flexibility index (Phi) is 5.80. The van der Waals surface area contributed by atoms with E-state index in [1.165, 1.54) is 0 Å². The molecule has 1 atom stereocenters. The number of rotatable bonds is 7. The Morgan fingerprint density at radius 1 is 1.22 bits per heavy atom. The Bertz CT molecular complexity index is 759. The molecule has 0 spiro atoms. The van der Waals surface area contributed by atoms with Crippen molar-refractivity contribution >= 4 is 32.4 Å². The largest absolute Gasteiger partial charge is 0.301 e. The highest BCUT2D eigenvalue weighted by molar-refractivity contribution is 7.91. The Morgan fingerprint density at radius 3 is 2.52 bits per heavy atom. The SMILES string of the molecule is CCC(=O)Nc1nnc(S(=O)(=O)N[C@@H](CC)c2ccccc2)s1. The third kappa shape index (κ3) is 4.57. The molecule has 1 amide bonds. The summed E-state index contributed by atoms with van der Waals surface area (Å²) in [6.07, 6.45) is 0.882. The molecular weight excluding hydrogens is 336 g/mol. The van der Waals surface area contributed by atoms with Gasteiger partial charge in [0.25, 0.3) is 10.0 Å². The first-order valence-electron chi connectivity index (χ1n) is 7.17. The lowest BCUT2D eigenvalue weighted by Gasteiger charge is -2.16. The predicted molar refractivity (Wildman–Crippen MR) is 88.6 cm³/mol. The summed E-state index contributed by atoms with van der Waals surface area (Å²) in [5.74, 6) is -0.242. The molecule has 0 aliphatic carbocycles. The van der Waals surface area contributed by atoms with Crippen molar-refractivity contribution in [2.45, 2.75) is 37.1 Å². The van der Waals surface area contributed by atoms with Crippen LogP contribution in [0.3, 0.4) is 0 Å². The number of anilines is 1. The first-order valence-corrected chi connectivity index (χ1v) is 9.46. The second-order valence-corrected chi connectivity index (χ2v) is 7.63. The van der Waals surface area contributed by atoms with Gasteiger partial charge in [-0.2, -0.15) is 0 Å². The van der Waals surface area contributed by atoms with Crippen molar-refractivity contribution in [3.8, 4) is 0 Å². The maximum absolute atomic E-state index is 12.4. The van der Waals surface area contributed by atoms with Gasteiger partial charge in [-0.15, -0.1) is 10.2 Å². The quantitative estimate of drug-likeness (QED) is 0.743. The number of benzene rings is 1. The van der Waals surface area contributed by atoms with E-state index < -0.39 is 10.0 Å². The number of aromatic nitrogens is 2. The standard InChI is InChI=1S/C14H18N4O3S2/c1-3-11(10-8-6-5-7-9-10)18-23(20,21)14-17-16-13(22-14)15-12(19)4-2/h5-9,11,18H,3-4H2,1-2H3,(H,15,16,19)/t11-/m0/s1. The Hall–Kier alpha value is -1.84. The van der Waals surface area contributed by atoms with Crippen molar-refractivity contribution in [2.75, 3.05) is 5.32 Å². The number of nitrogens with zero attached hydrogens (tertiary/aromatic N) is 2. The molecule has 0 aliphatic rings. The average molecular weight is 354 g/mol. The molecule has 23 heavy (non-hydrogen) atoms. The smallest absolute Gasteiger partial charge is 0.270 e. The molecule has 0 saturated carbocycles. The summed E-state index contributed by atoms with van der Waals surface area (Å²) in [6.45, 7) is 3.59. The van der Waals surface area contributed by atoms with Gasteiger partial charge in [0.1, 0.15) is 0 Å². The fourth-order valence-electron chi connectivity index (χ4n) is 1.89. The zero-order valence-electron chi connectivity index (χ0n) is 12.8. The highest BCUT2D eigenvalue weighted by atomic mass is 32.2. The summed E-state index contributed by atoms with van der Waals surface area (Å²) in [5, 5.41) is 10.0. The number of amides is 1. The van der Waals surface area contributed by atoms with Crippen LogP contribution in [0.2, 0.25) is 0 Å². The molecule has 0 bridgehead atoms. The first-order chi connectivity index (χ1) is 11.0.